The van der Waals surface area contributed by atoms with E-state index in [0.717, 1.165) is 27.9 Å². The maximum absolute atomic E-state index is 11.4. The first-order valence-electron chi connectivity index (χ1n) is 8.05. The molecule has 1 fully saturated rings. The summed E-state index contributed by atoms with van der Waals surface area (Å²) in [5.74, 6) is 0. The average molecular weight is 330 g/mol. The molecular weight excluding hydrogens is 308 g/mol. The summed E-state index contributed by atoms with van der Waals surface area (Å²) in [6.45, 7) is 0. The van der Waals surface area contributed by atoms with Gasteiger partial charge < -0.3 is 10.2 Å². The number of pyridine rings is 1. The third kappa shape index (κ3) is 3.22. The highest BCUT2D eigenvalue weighted by Crippen LogP contribution is 2.39. The molecule has 0 aliphatic heterocycles. The maximum atomic E-state index is 11.4. The van der Waals surface area contributed by atoms with Gasteiger partial charge in [0.15, 0.2) is 6.29 Å². The van der Waals surface area contributed by atoms with Crippen molar-refractivity contribution in [2.75, 3.05) is 19.4 Å². The second-order valence-corrected chi connectivity index (χ2v) is 6.95. The number of thiophene rings is 1. The summed E-state index contributed by atoms with van der Waals surface area (Å²) in [5.41, 5.74) is 1.67. The minimum atomic E-state index is 0.555. The molecule has 0 amide bonds. The molecule has 2 heterocycles. The van der Waals surface area contributed by atoms with Crippen molar-refractivity contribution in [1.82, 2.24) is 9.88 Å². The van der Waals surface area contributed by atoms with E-state index in [-0.39, 0.29) is 0 Å². The summed E-state index contributed by atoms with van der Waals surface area (Å²) in [6.07, 6.45) is 10.9. The van der Waals surface area contributed by atoms with Crippen LogP contribution in [0, 0.1) is 0 Å². The molecule has 2 aromatic rings. The summed E-state index contributed by atoms with van der Waals surface area (Å²) in [7, 11) is 3.94. The van der Waals surface area contributed by atoms with E-state index in [1.165, 1.54) is 43.4 Å². The van der Waals surface area contributed by atoms with Gasteiger partial charge in [0.25, 0.3) is 0 Å². The third-order valence-electron chi connectivity index (χ3n) is 4.49. The van der Waals surface area contributed by atoms with Gasteiger partial charge in [0.1, 0.15) is 4.83 Å². The Hall–Kier alpha value is -1.95. The van der Waals surface area contributed by atoms with E-state index in [1.807, 2.05) is 19.5 Å². The molecule has 0 saturated heterocycles. The number of aldehydes is 1. The monoisotopic (exact) mass is 330 g/mol. The first-order valence-corrected chi connectivity index (χ1v) is 8.86. The lowest BCUT2D eigenvalue weighted by molar-refractivity contribution is 0.112. The number of nitrogens with one attached hydrogen (secondary N) is 1. The van der Waals surface area contributed by atoms with E-state index in [0.29, 0.717) is 10.9 Å². The van der Waals surface area contributed by atoms with Gasteiger partial charge in [-0.15, -0.1) is 11.3 Å². The Morgan fingerprint density at radius 1 is 1.39 bits per heavy atom. The predicted molar refractivity (Wildman–Crippen MR) is 97.3 cm³/mol. The highest BCUT2D eigenvalue weighted by atomic mass is 32.1. The van der Waals surface area contributed by atoms with E-state index in [1.54, 1.807) is 6.20 Å². The fourth-order valence-corrected chi connectivity index (χ4v) is 4.10. The number of carbonyl (C=O) groups is 1. The molecule has 5 nitrogen and oxygen atoms in total. The highest BCUT2D eigenvalue weighted by Gasteiger charge is 2.18. The molecule has 0 aromatic carbocycles. The van der Waals surface area contributed by atoms with Crippen molar-refractivity contribution in [2.45, 2.75) is 38.1 Å². The van der Waals surface area contributed by atoms with Crippen LogP contribution in [0.3, 0.4) is 0 Å². The summed E-state index contributed by atoms with van der Waals surface area (Å²) in [4.78, 5) is 24.1. The lowest BCUT2D eigenvalue weighted by atomic mass is 9.95. The number of hydrogen-bond acceptors (Lipinski definition) is 5. The molecule has 3 rings (SSSR count). The van der Waals surface area contributed by atoms with Gasteiger partial charge in [-0.1, -0.05) is 19.3 Å². The molecule has 1 saturated carbocycles. The van der Waals surface area contributed by atoms with E-state index in [9.17, 15) is 4.79 Å². The Bertz CT molecular complexity index is 719. The van der Waals surface area contributed by atoms with Crippen LogP contribution in [-0.2, 0) is 0 Å². The Labute approximate surface area is 140 Å². The quantitative estimate of drug-likeness (QED) is 0.510. The number of carbonyl (C=O) groups excluding carboxylic acids is 1. The van der Waals surface area contributed by atoms with Gasteiger partial charge in [-0.05, 0) is 18.9 Å². The van der Waals surface area contributed by atoms with Gasteiger partial charge in [-0.2, -0.15) is 0 Å². The first-order chi connectivity index (χ1) is 11.2. The molecule has 1 aliphatic rings. The van der Waals surface area contributed by atoms with Crippen LogP contribution >= 0.6 is 11.3 Å². The van der Waals surface area contributed by atoms with E-state index in [4.69, 9.17) is 0 Å². The molecule has 1 aliphatic carbocycles. The molecule has 122 valence electrons. The third-order valence-corrected chi connectivity index (χ3v) is 5.50. The highest BCUT2D eigenvalue weighted by molar-refractivity contribution is 7.21. The minimum Gasteiger partial charge on any atom is -0.387 e. The summed E-state index contributed by atoms with van der Waals surface area (Å²) < 4.78 is 0. The second kappa shape index (κ2) is 7.08. The van der Waals surface area contributed by atoms with E-state index >= 15 is 0 Å². The standard InChI is InChI=1S/C17H22N4OS/c1-18-13-8-9-19-17-15(13)16(14(10-22)23-17)20-11-21(2)12-6-4-3-5-7-12/h8-12H,3-7H2,1-2H3,(H,18,19). The average Bonchev–Trinajstić information content (AvgIpc) is 2.98. The molecule has 2 aromatic heterocycles. The normalized spacial score (nSPS) is 16.1. The summed E-state index contributed by atoms with van der Waals surface area (Å²) in [6, 6.07) is 2.46. The zero-order valence-electron chi connectivity index (χ0n) is 13.6. The molecular formula is C17H22N4OS. The van der Waals surface area contributed by atoms with Crippen molar-refractivity contribution >= 4 is 45.6 Å². The van der Waals surface area contributed by atoms with E-state index < -0.39 is 0 Å². The SMILES string of the molecule is CNc1ccnc2sc(C=O)c(N=CN(C)C3CCCCC3)c12. The van der Waals surface area contributed by atoms with Crippen LogP contribution in [0.2, 0.25) is 0 Å². The van der Waals surface area contributed by atoms with Gasteiger partial charge in [-0.25, -0.2) is 9.98 Å². The zero-order valence-corrected chi connectivity index (χ0v) is 14.4. The molecule has 6 heteroatoms. The van der Waals surface area contributed by atoms with Crippen molar-refractivity contribution in [3.8, 4) is 0 Å². The zero-order chi connectivity index (χ0) is 16.2. The van der Waals surface area contributed by atoms with Crippen molar-refractivity contribution in [1.29, 1.82) is 0 Å². The maximum Gasteiger partial charge on any atom is 0.162 e. The number of anilines is 1. The van der Waals surface area contributed by atoms with Gasteiger partial charge in [0, 0.05) is 32.0 Å². The smallest absolute Gasteiger partial charge is 0.162 e. The summed E-state index contributed by atoms with van der Waals surface area (Å²) >= 11 is 1.39. The van der Waals surface area contributed by atoms with Crippen molar-refractivity contribution in [3.63, 3.8) is 0 Å². The Kier molecular flexibility index (Phi) is 4.91. The minimum absolute atomic E-state index is 0.555. The lowest BCUT2D eigenvalue weighted by Crippen LogP contribution is -2.32. The number of hydrogen-bond donors (Lipinski definition) is 1. The van der Waals surface area contributed by atoms with Crippen LogP contribution in [0.5, 0.6) is 0 Å². The lowest BCUT2D eigenvalue weighted by Gasteiger charge is -2.29. The largest absolute Gasteiger partial charge is 0.387 e. The number of rotatable bonds is 5. The van der Waals surface area contributed by atoms with Crippen LogP contribution < -0.4 is 5.32 Å². The predicted octanol–water partition coefficient (Wildman–Crippen LogP) is 4.07. The molecule has 0 unspecified atom stereocenters. The Morgan fingerprint density at radius 3 is 2.87 bits per heavy atom. The second-order valence-electron chi connectivity index (χ2n) is 5.92. The van der Waals surface area contributed by atoms with Crippen LogP contribution in [-0.4, -0.2) is 42.6 Å². The fourth-order valence-electron chi connectivity index (χ4n) is 3.17. The topological polar surface area (TPSA) is 57.6 Å². The van der Waals surface area contributed by atoms with Gasteiger partial charge in [0.05, 0.1) is 22.3 Å². The number of fused-ring (bicyclic) bond motifs is 1. The van der Waals surface area contributed by atoms with Crippen LogP contribution in [0.15, 0.2) is 17.3 Å². The van der Waals surface area contributed by atoms with Crippen LogP contribution in [0.1, 0.15) is 41.8 Å². The Balaban J connectivity index is 1.94. The number of aromatic nitrogens is 1. The summed E-state index contributed by atoms with van der Waals surface area (Å²) in [5, 5.41) is 4.09. The molecule has 1 N–H and O–H groups in total. The van der Waals surface area contributed by atoms with Gasteiger partial charge in [-0.3, -0.25) is 4.79 Å². The van der Waals surface area contributed by atoms with Gasteiger partial charge >= 0.3 is 0 Å². The molecule has 0 spiro atoms. The Morgan fingerprint density at radius 2 is 2.17 bits per heavy atom. The molecule has 0 radical (unpaired) electrons. The van der Waals surface area contributed by atoms with E-state index in [2.05, 4.69) is 27.2 Å². The molecule has 23 heavy (non-hydrogen) atoms. The van der Waals surface area contributed by atoms with Crippen molar-refractivity contribution in [2.24, 2.45) is 4.99 Å². The van der Waals surface area contributed by atoms with Crippen molar-refractivity contribution < 1.29 is 4.79 Å². The number of aliphatic imine (C=N–C) groups is 1. The first kappa shape index (κ1) is 15.9. The molecule has 0 bridgehead atoms. The van der Waals surface area contributed by atoms with Crippen LogP contribution in [0.25, 0.3) is 10.2 Å². The van der Waals surface area contributed by atoms with Gasteiger partial charge in [0.2, 0.25) is 0 Å². The van der Waals surface area contributed by atoms with Crippen molar-refractivity contribution in [3.05, 3.63) is 17.1 Å². The molecule has 0 atom stereocenters. The van der Waals surface area contributed by atoms with Crippen LogP contribution in [0.4, 0.5) is 11.4 Å². The fraction of sp³-hybridized carbons (Fsp3) is 0.471. The number of nitrogens with zero attached hydrogens (tertiary/aromatic N) is 3.